The predicted octanol–water partition coefficient (Wildman–Crippen LogP) is 1.13. The maximum Gasteiger partial charge on any atom is 0.328 e. The molecule has 0 aliphatic rings. The Kier molecular flexibility index (Phi) is 8.35. The fraction of sp³-hybridized carbons (Fsp3) is 0.769. The summed E-state index contributed by atoms with van der Waals surface area (Å²) in [5, 5.41) is 13.8. The highest BCUT2D eigenvalue weighted by Crippen LogP contribution is 2.06. The van der Waals surface area contributed by atoms with E-state index >= 15 is 0 Å². The molecule has 0 aliphatic heterocycles. The lowest BCUT2D eigenvalue weighted by Gasteiger charge is -2.20. The lowest BCUT2D eigenvalue weighted by molar-refractivity contribution is -0.143. The van der Waals surface area contributed by atoms with Crippen molar-refractivity contribution in [2.45, 2.75) is 52.1 Å². The molecule has 0 radical (unpaired) electrons. The molecule has 0 aromatic heterocycles. The van der Waals surface area contributed by atoms with Gasteiger partial charge in [-0.3, -0.25) is 0 Å². The zero-order valence-corrected chi connectivity index (χ0v) is 12.4. The Morgan fingerprint density at radius 3 is 2.10 bits per heavy atom. The van der Waals surface area contributed by atoms with Crippen LogP contribution in [0.5, 0.6) is 0 Å². The fourth-order valence-corrected chi connectivity index (χ4v) is 1.73. The summed E-state index contributed by atoms with van der Waals surface area (Å²) in [6.45, 7) is 5.64. The second kappa shape index (κ2) is 9.17. The van der Waals surface area contributed by atoms with Crippen LogP contribution < -0.4 is 10.6 Å². The second-order valence-corrected chi connectivity index (χ2v) is 5.00. The predicted molar refractivity (Wildman–Crippen MR) is 73.3 cm³/mol. The number of carbonyl (C=O) groups is 3. The summed E-state index contributed by atoms with van der Waals surface area (Å²) in [7, 11) is 1.24. The largest absolute Gasteiger partial charge is 0.480 e. The Morgan fingerprint density at radius 1 is 1.15 bits per heavy atom. The van der Waals surface area contributed by atoms with E-state index in [2.05, 4.69) is 15.4 Å². The number of methoxy groups -OCH3 is 1. The highest BCUT2D eigenvalue weighted by molar-refractivity contribution is 5.86. The van der Waals surface area contributed by atoms with Gasteiger partial charge in [0.15, 0.2) is 0 Å². The molecule has 20 heavy (non-hydrogen) atoms. The number of amides is 2. The van der Waals surface area contributed by atoms with Gasteiger partial charge in [-0.05, 0) is 18.8 Å². The van der Waals surface area contributed by atoms with Gasteiger partial charge >= 0.3 is 18.0 Å². The van der Waals surface area contributed by atoms with Gasteiger partial charge in [0.1, 0.15) is 12.1 Å². The number of carboxylic acids is 1. The maximum absolute atomic E-state index is 11.8. The van der Waals surface area contributed by atoms with Crippen LogP contribution in [0.4, 0.5) is 4.79 Å². The molecule has 2 amide bonds. The molecular formula is C13H24N2O5. The van der Waals surface area contributed by atoms with Gasteiger partial charge in [-0.15, -0.1) is 0 Å². The molecule has 0 bridgehead atoms. The first-order valence-corrected chi connectivity index (χ1v) is 6.69. The second-order valence-electron chi connectivity index (χ2n) is 5.00. The number of carboxylic acid groups (broad SMARTS) is 1. The fourth-order valence-electron chi connectivity index (χ4n) is 1.73. The Morgan fingerprint density at radius 2 is 1.70 bits per heavy atom. The minimum Gasteiger partial charge on any atom is -0.480 e. The van der Waals surface area contributed by atoms with Crippen molar-refractivity contribution in [3.8, 4) is 0 Å². The molecule has 0 saturated carbocycles. The molecule has 2 unspecified atom stereocenters. The average molecular weight is 288 g/mol. The Bertz CT molecular complexity index is 344. The van der Waals surface area contributed by atoms with E-state index in [4.69, 9.17) is 5.11 Å². The van der Waals surface area contributed by atoms with E-state index in [-0.39, 0.29) is 5.92 Å². The van der Waals surface area contributed by atoms with Gasteiger partial charge in [0.2, 0.25) is 0 Å². The van der Waals surface area contributed by atoms with Crippen LogP contribution in [0.3, 0.4) is 0 Å². The van der Waals surface area contributed by atoms with E-state index in [1.807, 2.05) is 20.8 Å². The molecule has 0 spiro atoms. The van der Waals surface area contributed by atoms with Crippen molar-refractivity contribution >= 4 is 18.0 Å². The molecule has 0 heterocycles. The Balaban J connectivity index is 4.58. The molecule has 0 saturated heterocycles. The van der Waals surface area contributed by atoms with Gasteiger partial charge in [0.05, 0.1) is 7.11 Å². The topological polar surface area (TPSA) is 105 Å². The molecule has 2 atom stereocenters. The number of ether oxygens (including phenoxy) is 1. The van der Waals surface area contributed by atoms with E-state index in [0.717, 1.165) is 0 Å². The van der Waals surface area contributed by atoms with Crippen LogP contribution >= 0.6 is 0 Å². The van der Waals surface area contributed by atoms with Crippen molar-refractivity contribution in [3.05, 3.63) is 0 Å². The molecule has 0 aliphatic carbocycles. The first-order valence-electron chi connectivity index (χ1n) is 6.69. The molecule has 0 aromatic carbocycles. The molecule has 116 valence electrons. The summed E-state index contributed by atoms with van der Waals surface area (Å²) in [6, 6.07) is -2.42. The molecule has 3 N–H and O–H groups in total. The Hall–Kier alpha value is -1.79. The first-order chi connectivity index (χ1) is 9.31. The molecule has 0 rings (SSSR count). The summed E-state index contributed by atoms with van der Waals surface area (Å²) in [4.78, 5) is 34.2. The van der Waals surface area contributed by atoms with Crippen LogP contribution in [-0.4, -0.2) is 42.3 Å². The van der Waals surface area contributed by atoms with Crippen LogP contribution in [0.15, 0.2) is 0 Å². The smallest absolute Gasteiger partial charge is 0.328 e. The number of rotatable bonds is 8. The van der Waals surface area contributed by atoms with Gasteiger partial charge in [-0.1, -0.05) is 27.2 Å². The summed E-state index contributed by atoms with van der Waals surface area (Å²) in [6.07, 6.45) is 1.38. The number of hydrogen-bond donors (Lipinski definition) is 3. The number of hydrogen-bond acceptors (Lipinski definition) is 4. The highest BCUT2D eigenvalue weighted by atomic mass is 16.5. The number of nitrogens with one attached hydrogen (secondary N) is 2. The summed E-state index contributed by atoms with van der Waals surface area (Å²) in [5.74, 6) is -1.46. The summed E-state index contributed by atoms with van der Waals surface area (Å²) < 4.78 is 4.62. The van der Waals surface area contributed by atoms with E-state index in [0.29, 0.717) is 19.3 Å². The Labute approximate surface area is 119 Å². The lowest BCUT2D eigenvalue weighted by atomic mass is 10.0. The molecule has 0 aromatic rings. The van der Waals surface area contributed by atoms with E-state index in [1.54, 1.807) is 0 Å². The first kappa shape index (κ1) is 18.2. The van der Waals surface area contributed by atoms with Crippen molar-refractivity contribution in [3.63, 3.8) is 0 Å². The summed E-state index contributed by atoms with van der Waals surface area (Å²) in [5.41, 5.74) is 0. The van der Waals surface area contributed by atoms with Crippen LogP contribution in [0.2, 0.25) is 0 Å². The number of esters is 1. The number of aliphatic carboxylic acids is 1. The van der Waals surface area contributed by atoms with Crippen molar-refractivity contribution in [1.82, 2.24) is 10.6 Å². The molecule has 0 fully saturated rings. The van der Waals surface area contributed by atoms with Gasteiger partial charge < -0.3 is 20.5 Å². The van der Waals surface area contributed by atoms with E-state index in [9.17, 15) is 14.4 Å². The SMILES string of the molecule is CCCC(NC(=O)NC(CC(C)C)C(=O)OC)C(=O)O. The minimum atomic E-state index is -1.10. The monoisotopic (exact) mass is 288 g/mol. The average Bonchev–Trinajstić information content (AvgIpc) is 2.35. The molecular weight excluding hydrogens is 264 g/mol. The van der Waals surface area contributed by atoms with Crippen molar-refractivity contribution < 1.29 is 24.2 Å². The van der Waals surface area contributed by atoms with Crippen molar-refractivity contribution in [2.24, 2.45) is 5.92 Å². The zero-order valence-electron chi connectivity index (χ0n) is 12.4. The highest BCUT2D eigenvalue weighted by Gasteiger charge is 2.25. The van der Waals surface area contributed by atoms with E-state index < -0.39 is 30.1 Å². The van der Waals surface area contributed by atoms with Crippen LogP contribution in [-0.2, 0) is 14.3 Å². The van der Waals surface area contributed by atoms with Crippen LogP contribution in [0, 0.1) is 5.92 Å². The van der Waals surface area contributed by atoms with Crippen molar-refractivity contribution in [1.29, 1.82) is 0 Å². The normalized spacial score (nSPS) is 13.4. The standard InChI is InChI=1S/C13H24N2O5/c1-5-6-9(11(16)17)14-13(19)15-10(7-8(2)3)12(18)20-4/h8-10H,5-7H2,1-4H3,(H,16,17)(H2,14,15,19). The van der Waals surface area contributed by atoms with Crippen molar-refractivity contribution in [2.75, 3.05) is 7.11 Å². The third-order valence-corrected chi connectivity index (χ3v) is 2.68. The number of carbonyl (C=O) groups excluding carboxylic acids is 2. The molecule has 7 nitrogen and oxygen atoms in total. The van der Waals surface area contributed by atoms with Gasteiger partial charge in [-0.2, -0.15) is 0 Å². The third-order valence-electron chi connectivity index (χ3n) is 2.68. The van der Waals surface area contributed by atoms with Crippen LogP contribution in [0.25, 0.3) is 0 Å². The van der Waals surface area contributed by atoms with Crippen LogP contribution in [0.1, 0.15) is 40.0 Å². The quantitative estimate of drug-likeness (QED) is 0.581. The van der Waals surface area contributed by atoms with Gasteiger partial charge in [0.25, 0.3) is 0 Å². The zero-order chi connectivity index (χ0) is 15.7. The van der Waals surface area contributed by atoms with E-state index in [1.165, 1.54) is 7.11 Å². The van der Waals surface area contributed by atoms with Gasteiger partial charge in [0, 0.05) is 0 Å². The number of urea groups is 1. The lowest BCUT2D eigenvalue weighted by Crippen LogP contribution is -2.51. The van der Waals surface area contributed by atoms with Gasteiger partial charge in [-0.25, -0.2) is 14.4 Å². The molecule has 7 heteroatoms. The summed E-state index contributed by atoms with van der Waals surface area (Å²) >= 11 is 0. The minimum absolute atomic E-state index is 0.185. The maximum atomic E-state index is 11.8. The third kappa shape index (κ3) is 6.96.